The fraction of sp³-hybridized carbons (Fsp3) is 0.0667. The maximum absolute atomic E-state index is 11.1. The molecule has 4 nitrogen and oxygen atoms in total. The average molecular weight is 256 g/mol. The summed E-state index contributed by atoms with van der Waals surface area (Å²) in [4.78, 5) is 21.5. The lowest BCUT2D eigenvalue weighted by atomic mass is 10.0. The second-order valence-electron chi connectivity index (χ2n) is 3.91. The fourth-order valence-corrected chi connectivity index (χ4v) is 1.86. The van der Waals surface area contributed by atoms with Crippen molar-refractivity contribution in [2.75, 3.05) is 7.11 Å². The third kappa shape index (κ3) is 2.63. The Hall–Kier alpha value is -2.62. The predicted molar refractivity (Wildman–Crippen MR) is 72.2 cm³/mol. The highest BCUT2D eigenvalue weighted by molar-refractivity contribution is 6.38. The highest BCUT2D eigenvalue weighted by Gasteiger charge is 2.08. The van der Waals surface area contributed by atoms with Crippen LogP contribution in [0.5, 0.6) is 5.75 Å². The molecule has 4 heteroatoms. The maximum Gasteiger partial charge on any atom is 0.376 e. The molecule has 2 rings (SSSR count). The molecule has 0 atom stereocenters. The summed E-state index contributed by atoms with van der Waals surface area (Å²) in [5.74, 6) is -1.82. The maximum atomic E-state index is 11.1. The van der Waals surface area contributed by atoms with Crippen molar-refractivity contribution in [2.24, 2.45) is 0 Å². The quantitative estimate of drug-likeness (QED) is 0.674. The van der Waals surface area contributed by atoms with Crippen LogP contribution in [0.15, 0.2) is 42.5 Å². The highest BCUT2D eigenvalue weighted by Crippen LogP contribution is 2.30. The van der Waals surface area contributed by atoms with Crippen molar-refractivity contribution in [3.8, 4) is 5.75 Å². The summed E-state index contributed by atoms with van der Waals surface area (Å²) in [6, 6.07) is 11.3. The smallest absolute Gasteiger partial charge is 0.376 e. The topological polar surface area (TPSA) is 63.6 Å². The van der Waals surface area contributed by atoms with E-state index in [1.54, 1.807) is 6.07 Å². The van der Waals surface area contributed by atoms with E-state index in [1.807, 2.05) is 30.3 Å². The van der Waals surface area contributed by atoms with Crippen LogP contribution in [0.1, 0.15) is 5.56 Å². The molecule has 2 aromatic carbocycles. The first kappa shape index (κ1) is 12.8. The number of carbonyl (C=O) groups excluding carboxylic acids is 1. The average Bonchev–Trinajstić information content (AvgIpc) is 2.43. The molecule has 0 radical (unpaired) electrons. The molecule has 0 saturated heterocycles. The number of benzene rings is 2. The Morgan fingerprint density at radius 1 is 1.16 bits per heavy atom. The Morgan fingerprint density at radius 3 is 2.58 bits per heavy atom. The van der Waals surface area contributed by atoms with Crippen LogP contribution >= 0.6 is 0 Å². The Kier molecular flexibility index (Phi) is 3.61. The Balaban J connectivity index is 2.49. The second-order valence-corrected chi connectivity index (χ2v) is 3.91. The van der Waals surface area contributed by atoms with E-state index >= 15 is 0 Å². The van der Waals surface area contributed by atoms with Gasteiger partial charge in [0.2, 0.25) is 0 Å². The minimum absolute atomic E-state index is 0.618. The fourth-order valence-electron chi connectivity index (χ4n) is 1.86. The molecule has 0 aliphatic heterocycles. The molecule has 0 saturated carbocycles. The van der Waals surface area contributed by atoms with Gasteiger partial charge in [0.05, 0.1) is 7.11 Å². The van der Waals surface area contributed by atoms with E-state index in [9.17, 15) is 9.59 Å². The van der Waals surface area contributed by atoms with E-state index in [1.165, 1.54) is 13.2 Å². The molecule has 1 N–H and O–H groups in total. The van der Waals surface area contributed by atoms with Crippen LogP contribution in [0.2, 0.25) is 0 Å². The summed E-state index contributed by atoms with van der Waals surface area (Å²) in [6.07, 6.45) is 2.47. The van der Waals surface area contributed by atoms with E-state index in [0.717, 1.165) is 16.8 Å². The van der Waals surface area contributed by atoms with Crippen LogP contribution in [0.25, 0.3) is 16.8 Å². The summed E-state index contributed by atoms with van der Waals surface area (Å²) in [6.45, 7) is 0. The van der Waals surface area contributed by atoms with Gasteiger partial charge >= 0.3 is 5.97 Å². The van der Waals surface area contributed by atoms with Crippen LogP contribution in [0, 0.1) is 0 Å². The van der Waals surface area contributed by atoms with Crippen LogP contribution < -0.4 is 4.74 Å². The largest absolute Gasteiger partial charge is 0.495 e. The molecule has 0 aromatic heterocycles. The molecule has 0 aliphatic carbocycles. The number of carbonyl (C=O) groups is 2. The van der Waals surface area contributed by atoms with Crippen LogP contribution in [0.4, 0.5) is 0 Å². The van der Waals surface area contributed by atoms with Gasteiger partial charge in [-0.2, -0.15) is 0 Å². The molecule has 0 aliphatic rings. The van der Waals surface area contributed by atoms with Gasteiger partial charge in [-0.25, -0.2) is 4.79 Å². The van der Waals surface area contributed by atoms with Gasteiger partial charge in [-0.15, -0.1) is 0 Å². The molecule has 0 spiro atoms. The molecule has 0 unspecified atom stereocenters. The first-order valence-corrected chi connectivity index (χ1v) is 5.64. The van der Waals surface area contributed by atoms with Crippen molar-refractivity contribution in [1.29, 1.82) is 0 Å². The number of ether oxygens (including phenoxy) is 1. The van der Waals surface area contributed by atoms with E-state index < -0.39 is 11.8 Å². The Morgan fingerprint density at radius 2 is 1.89 bits per heavy atom. The number of hydrogen-bond donors (Lipinski definition) is 1. The molecular formula is C15H12O4. The monoisotopic (exact) mass is 256 g/mol. The first-order chi connectivity index (χ1) is 9.13. The second kappa shape index (κ2) is 5.35. The number of carboxylic acid groups (broad SMARTS) is 1. The molecule has 0 heterocycles. The number of fused-ring (bicyclic) bond motifs is 1. The van der Waals surface area contributed by atoms with Crippen molar-refractivity contribution in [1.82, 2.24) is 0 Å². The minimum atomic E-state index is -1.48. The molecular weight excluding hydrogens is 244 g/mol. The summed E-state index contributed by atoms with van der Waals surface area (Å²) in [5.41, 5.74) is 0.663. The van der Waals surface area contributed by atoms with Crippen molar-refractivity contribution in [2.45, 2.75) is 0 Å². The number of methoxy groups -OCH3 is 1. The molecule has 0 amide bonds. The van der Waals surface area contributed by atoms with Crippen LogP contribution in [0.3, 0.4) is 0 Å². The van der Waals surface area contributed by atoms with E-state index in [0.29, 0.717) is 11.3 Å². The van der Waals surface area contributed by atoms with Gasteiger partial charge in [0, 0.05) is 10.9 Å². The van der Waals surface area contributed by atoms with Gasteiger partial charge in [-0.1, -0.05) is 36.4 Å². The molecule has 0 bridgehead atoms. The molecule has 96 valence electrons. The third-order valence-electron chi connectivity index (χ3n) is 2.74. The zero-order chi connectivity index (χ0) is 13.8. The van der Waals surface area contributed by atoms with E-state index in [-0.39, 0.29) is 0 Å². The Labute approximate surface area is 109 Å². The predicted octanol–water partition coefficient (Wildman–Crippen LogP) is 2.52. The van der Waals surface area contributed by atoms with Crippen LogP contribution in [-0.4, -0.2) is 24.0 Å². The number of carboxylic acids is 1. The third-order valence-corrected chi connectivity index (χ3v) is 2.74. The van der Waals surface area contributed by atoms with Gasteiger partial charge in [0.15, 0.2) is 0 Å². The van der Waals surface area contributed by atoms with Crippen molar-refractivity contribution in [3.63, 3.8) is 0 Å². The highest BCUT2D eigenvalue weighted by atomic mass is 16.5. The van der Waals surface area contributed by atoms with Gasteiger partial charge in [-0.3, -0.25) is 4.79 Å². The molecule has 2 aromatic rings. The van der Waals surface area contributed by atoms with Crippen LogP contribution in [-0.2, 0) is 9.59 Å². The van der Waals surface area contributed by atoms with Crippen molar-refractivity contribution in [3.05, 3.63) is 48.0 Å². The Bertz CT molecular complexity index is 671. The lowest BCUT2D eigenvalue weighted by molar-refractivity contribution is -0.146. The number of aliphatic carboxylic acids is 1. The zero-order valence-electron chi connectivity index (χ0n) is 10.3. The molecule has 19 heavy (non-hydrogen) atoms. The summed E-state index contributed by atoms with van der Waals surface area (Å²) in [5, 5.41) is 10.5. The number of ketones is 1. The summed E-state index contributed by atoms with van der Waals surface area (Å²) >= 11 is 0. The van der Waals surface area contributed by atoms with E-state index in [2.05, 4.69) is 0 Å². The van der Waals surface area contributed by atoms with Gasteiger partial charge in [0.25, 0.3) is 5.78 Å². The SMILES string of the molecule is COc1c(/C=C/C(=O)C(=O)O)ccc2ccccc12. The standard InChI is InChI=1S/C15H12O4/c1-19-14-11(8-9-13(16)15(17)18)7-6-10-4-2-3-5-12(10)14/h2-9H,1H3,(H,17,18)/b9-8+. The van der Waals surface area contributed by atoms with Gasteiger partial charge < -0.3 is 9.84 Å². The minimum Gasteiger partial charge on any atom is -0.495 e. The zero-order valence-corrected chi connectivity index (χ0v) is 10.3. The van der Waals surface area contributed by atoms with Crippen molar-refractivity contribution >= 4 is 28.6 Å². The molecule has 0 fully saturated rings. The normalized spacial score (nSPS) is 10.8. The lowest BCUT2D eigenvalue weighted by Crippen LogP contribution is -2.08. The first-order valence-electron chi connectivity index (χ1n) is 5.64. The number of hydrogen-bond acceptors (Lipinski definition) is 3. The van der Waals surface area contributed by atoms with Gasteiger partial charge in [0.1, 0.15) is 5.75 Å². The van der Waals surface area contributed by atoms with Crippen molar-refractivity contribution < 1.29 is 19.4 Å². The van der Waals surface area contributed by atoms with E-state index in [4.69, 9.17) is 9.84 Å². The summed E-state index contributed by atoms with van der Waals surface area (Å²) < 4.78 is 5.34. The summed E-state index contributed by atoms with van der Waals surface area (Å²) in [7, 11) is 1.54. The van der Waals surface area contributed by atoms with Gasteiger partial charge in [-0.05, 0) is 17.5 Å². The lowest BCUT2D eigenvalue weighted by Gasteiger charge is -2.08. The number of rotatable bonds is 4.